The SMILES string of the molecule is CO[C@]1(c2ccnc(C(N)=O)c2)[C@@H]2CCC[C@H]1CN(Cc1cccc(O)n1)C2.Cl. The number of carbonyl (C=O) groups excluding carboxylic acids is 1. The fraction of sp³-hybridized carbons (Fsp3) is 0.476. The summed E-state index contributed by atoms with van der Waals surface area (Å²) in [5.74, 6) is 0.123. The molecule has 8 heteroatoms. The van der Waals surface area contributed by atoms with Crippen LogP contribution in [-0.2, 0) is 16.9 Å². The number of methoxy groups -OCH3 is 1. The number of piperidine rings is 1. The number of hydrogen-bond donors (Lipinski definition) is 2. The number of aromatic hydroxyl groups is 1. The largest absolute Gasteiger partial charge is 0.493 e. The number of hydrogen-bond acceptors (Lipinski definition) is 6. The second kappa shape index (κ2) is 8.65. The normalized spacial score (nSPS) is 26.5. The summed E-state index contributed by atoms with van der Waals surface area (Å²) in [7, 11) is 1.77. The van der Waals surface area contributed by atoms with E-state index >= 15 is 0 Å². The lowest BCUT2D eigenvalue weighted by Gasteiger charge is -2.55. The van der Waals surface area contributed by atoms with Crippen LogP contribution in [0.15, 0.2) is 36.5 Å². The van der Waals surface area contributed by atoms with Crippen LogP contribution in [0.3, 0.4) is 0 Å². The Morgan fingerprint density at radius 2 is 2.03 bits per heavy atom. The molecule has 0 aromatic carbocycles. The van der Waals surface area contributed by atoms with E-state index in [1.165, 1.54) is 6.42 Å². The number of fused-ring (bicyclic) bond motifs is 2. The molecule has 2 aromatic heterocycles. The number of primary amides is 1. The van der Waals surface area contributed by atoms with Crippen LogP contribution in [0.1, 0.15) is 41.0 Å². The first-order valence-electron chi connectivity index (χ1n) is 9.71. The van der Waals surface area contributed by atoms with Gasteiger partial charge in [-0.05, 0) is 36.6 Å². The highest BCUT2D eigenvalue weighted by Gasteiger charge is 2.53. The molecule has 4 rings (SSSR count). The summed E-state index contributed by atoms with van der Waals surface area (Å²) in [6.45, 7) is 2.44. The van der Waals surface area contributed by atoms with E-state index in [1.54, 1.807) is 25.4 Å². The van der Waals surface area contributed by atoms with Crippen molar-refractivity contribution in [3.05, 3.63) is 53.5 Å². The maximum Gasteiger partial charge on any atom is 0.267 e. The molecule has 2 fully saturated rings. The van der Waals surface area contributed by atoms with Gasteiger partial charge >= 0.3 is 0 Å². The van der Waals surface area contributed by atoms with E-state index in [0.29, 0.717) is 18.4 Å². The lowest BCUT2D eigenvalue weighted by molar-refractivity contribution is -0.170. The summed E-state index contributed by atoms with van der Waals surface area (Å²) in [6, 6.07) is 9.10. The van der Waals surface area contributed by atoms with Crippen LogP contribution in [0, 0.1) is 11.8 Å². The highest BCUT2D eigenvalue weighted by atomic mass is 35.5. The van der Waals surface area contributed by atoms with Crippen LogP contribution < -0.4 is 5.73 Å². The third-order valence-corrected chi connectivity index (χ3v) is 6.25. The molecular weight excluding hydrogens is 392 g/mol. The van der Waals surface area contributed by atoms with Gasteiger partial charge < -0.3 is 15.6 Å². The average molecular weight is 419 g/mol. The van der Waals surface area contributed by atoms with Gasteiger partial charge in [0, 0.05) is 50.8 Å². The fourth-order valence-electron chi connectivity index (χ4n) is 5.17. The van der Waals surface area contributed by atoms with E-state index in [4.69, 9.17) is 10.5 Å². The van der Waals surface area contributed by atoms with Crippen molar-refractivity contribution in [3.8, 4) is 5.88 Å². The van der Waals surface area contributed by atoms with E-state index in [-0.39, 0.29) is 24.0 Å². The first-order valence-corrected chi connectivity index (χ1v) is 9.71. The summed E-state index contributed by atoms with van der Waals surface area (Å²) in [5.41, 5.74) is 7.15. The first kappa shape index (κ1) is 21.5. The van der Waals surface area contributed by atoms with Crippen LogP contribution in [0.4, 0.5) is 0 Å². The van der Waals surface area contributed by atoms with Crippen molar-refractivity contribution in [2.24, 2.45) is 17.6 Å². The number of likely N-dealkylation sites (tertiary alicyclic amines) is 1. The van der Waals surface area contributed by atoms with Crippen LogP contribution in [0.2, 0.25) is 0 Å². The molecule has 1 saturated carbocycles. The molecule has 0 unspecified atom stereocenters. The van der Waals surface area contributed by atoms with Gasteiger partial charge in [-0.25, -0.2) is 4.98 Å². The predicted octanol–water partition coefficient (Wildman–Crippen LogP) is 2.48. The molecule has 2 bridgehead atoms. The Bertz CT molecular complexity index is 865. The van der Waals surface area contributed by atoms with E-state index in [9.17, 15) is 9.90 Å². The first-order chi connectivity index (χ1) is 13.5. The third kappa shape index (κ3) is 3.95. The monoisotopic (exact) mass is 418 g/mol. The number of pyridine rings is 2. The average Bonchev–Trinajstić information content (AvgIpc) is 2.67. The number of carbonyl (C=O) groups is 1. The van der Waals surface area contributed by atoms with Crippen LogP contribution in [0.25, 0.3) is 0 Å². The van der Waals surface area contributed by atoms with Gasteiger partial charge in [-0.2, -0.15) is 0 Å². The van der Waals surface area contributed by atoms with Gasteiger partial charge in [0.15, 0.2) is 0 Å². The molecule has 1 aliphatic carbocycles. The van der Waals surface area contributed by atoms with Gasteiger partial charge in [0.2, 0.25) is 5.88 Å². The Balaban J connectivity index is 0.00000240. The molecule has 0 radical (unpaired) electrons. The minimum absolute atomic E-state index is 0. The zero-order chi connectivity index (χ0) is 19.7. The van der Waals surface area contributed by atoms with Gasteiger partial charge in [-0.15, -0.1) is 12.4 Å². The quantitative estimate of drug-likeness (QED) is 0.773. The Morgan fingerprint density at radius 3 is 2.66 bits per heavy atom. The summed E-state index contributed by atoms with van der Waals surface area (Å²) < 4.78 is 6.22. The van der Waals surface area contributed by atoms with Gasteiger partial charge in [0.05, 0.1) is 5.69 Å². The Morgan fingerprint density at radius 1 is 1.31 bits per heavy atom. The second-order valence-corrected chi connectivity index (χ2v) is 7.80. The van der Waals surface area contributed by atoms with E-state index in [2.05, 4.69) is 14.9 Å². The fourth-order valence-corrected chi connectivity index (χ4v) is 5.17. The molecule has 3 heterocycles. The topological polar surface area (TPSA) is 102 Å². The number of ether oxygens (including phenoxy) is 1. The van der Waals surface area contributed by atoms with Crippen LogP contribution >= 0.6 is 12.4 Å². The Kier molecular flexibility index (Phi) is 6.41. The van der Waals surface area contributed by atoms with Crippen molar-refractivity contribution in [1.82, 2.24) is 14.9 Å². The summed E-state index contributed by atoms with van der Waals surface area (Å²) in [6.07, 6.45) is 4.94. The highest BCUT2D eigenvalue weighted by molar-refractivity contribution is 5.90. The Labute approximate surface area is 176 Å². The predicted molar refractivity (Wildman–Crippen MR) is 111 cm³/mol. The van der Waals surface area contributed by atoms with Crippen LogP contribution in [0.5, 0.6) is 5.88 Å². The van der Waals surface area contributed by atoms with Crippen molar-refractivity contribution in [3.63, 3.8) is 0 Å². The summed E-state index contributed by atoms with van der Waals surface area (Å²) >= 11 is 0. The highest BCUT2D eigenvalue weighted by Crippen LogP contribution is 2.51. The zero-order valence-corrected chi connectivity index (χ0v) is 17.3. The maximum atomic E-state index is 11.6. The summed E-state index contributed by atoms with van der Waals surface area (Å²) in [5, 5.41) is 9.65. The minimum atomic E-state index is -0.523. The second-order valence-electron chi connectivity index (χ2n) is 7.80. The van der Waals surface area contributed by atoms with Crippen molar-refractivity contribution < 1.29 is 14.6 Å². The van der Waals surface area contributed by atoms with Gasteiger partial charge in [-0.1, -0.05) is 12.5 Å². The van der Waals surface area contributed by atoms with Crippen LogP contribution in [-0.4, -0.2) is 46.1 Å². The molecule has 1 aliphatic heterocycles. The molecular formula is C21H27ClN4O3. The van der Waals surface area contributed by atoms with Crippen molar-refractivity contribution in [2.75, 3.05) is 20.2 Å². The maximum absolute atomic E-state index is 11.6. The van der Waals surface area contributed by atoms with E-state index in [0.717, 1.165) is 37.2 Å². The van der Waals surface area contributed by atoms with Crippen molar-refractivity contribution in [1.29, 1.82) is 0 Å². The third-order valence-electron chi connectivity index (χ3n) is 6.25. The molecule has 29 heavy (non-hydrogen) atoms. The zero-order valence-electron chi connectivity index (χ0n) is 16.5. The molecule has 3 N–H and O–H groups in total. The molecule has 0 spiro atoms. The lowest BCUT2D eigenvalue weighted by atomic mass is 9.62. The molecule has 2 aliphatic rings. The number of aromatic nitrogens is 2. The standard InChI is InChI=1S/C21H26N4O3.ClH/c1-28-21(14-8-9-23-18(10-14)20(22)27)15-4-2-5-16(21)12-25(11-15)13-17-6-3-7-19(26)24-17;/h3,6-10,15-16H,2,4-5,11-13H2,1H3,(H2,22,27)(H,24,26);1H/t15-,16+,21-;. The van der Waals surface area contributed by atoms with E-state index < -0.39 is 11.5 Å². The molecule has 156 valence electrons. The molecule has 1 saturated heterocycles. The number of nitrogens with two attached hydrogens (primary N) is 1. The molecule has 3 atom stereocenters. The van der Waals surface area contributed by atoms with E-state index in [1.807, 2.05) is 18.2 Å². The molecule has 7 nitrogen and oxygen atoms in total. The van der Waals surface area contributed by atoms with Crippen molar-refractivity contribution >= 4 is 18.3 Å². The number of amides is 1. The van der Waals surface area contributed by atoms with Gasteiger partial charge in [0.25, 0.3) is 5.91 Å². The smallest absolute Gasteiger partial charge is 0.267 e. The minimum Gasteiger partial charge on any atom is -0.493 e. The van der Waals surface area contributed by atoms with Gasteiger partial charge in [0.1, 0.15) is 11.3 Å². The Hall–Kier alpha value is -2.22. The number of rotatable bonds is 5. The van der Waals surface area contributed by atoms with Crippen molar-refractivity contribution in [2.45, 2.75) is 31.4 Å². The summed E-state index contributed by atoms with van der Waals surface area (Å²) in [4.78, 5) is 22.4. The number of nitrogens with zero attached hydrogens (tertiary/aromatic N) is 3. The van der Waals surface area contributed by atoms with Gasteiger partial charge in [-0.3, -0.25) is 14.7 Å². The molecule has 2 aromatic rings. The molecule has 1 amide bonds. The number of halogens is 1. The lowest BCUT2D eigenvalue weighted by Crippen LogP contribution is -2.58.